The molecule has 0 N–H and O–H groups in total. The summed E-state index contributed by atoms with van der Waals surface area (Å²) in [6, 6.07) is 0. The van der Waals surface area contributed by atoms with Gasteiger partial charge in [-0.2, -0.15) is 0 Å². The van der Waals surface area contributed by atoms with E-state index < -0.39 is 0 Å². The van der Waals surface area contributed by atoms with E-state index in [0.717, 1.165) is 10.2 Å². The summed E-state index contributed by atoms with van der Waals surface area (Å²) in [6.07, 6.45) is 0. The SMILES string of the molecule is COC(OC(C)(C)C)=C(C)[SiH3]. The zero-order valence-corrected chi connectivity index (χ0v) is 10.3. The van der Waals surface area contributed by atoms with Crippen LogP contribution < -0.4 is 0 Å². The van der Waals surface area contributed by atoms with Gasteiger partial charge in [0, 0.05) is 10.2 Å². The van der Waals surface area contributed by atoms with Crippen molar-refractivity contribution in [1.82, 2.24) is 0 Å². The molecule has 3 heteroatoms. The van der Waals surface area contributed by atoms with Gasteiger partial charge in [-0.1, -0.05) is 0 Å². The van der Waals surface area contributed by atoms with E-state index in [0.29, 0.717) is 5.95 Å². The van der Waals surface area contributed by atoms with Gasteiger partial charge in [-0.25, -0.2) is 0 Å². The number of hydrogen-bond donors (Lipinski definition) is 0. The second-order valence-corrected chi connectivity index (χ2v) is 5.21. The highest BCUT2D eigenvalue weighted by Crippen LogP contribution is 2.15. The third kappa shape index (κ3) is 4.90. The third-order valence-electron chi connectivity index (χ3n) is 0.993. The molecule has 0 aliphatic rings. The highest BCUT2D eigenvalue weighted by molar-refractivity contribution is 6.21. The van der Waals surface area contributed by atoms with Crippen LogP contribution in [0.4, 0.5) is 0 Å². The van der Waals surface area contributed by atoms with Crippen molar-refractivity contribution in [3.63, 3.8) is 0 Å². The number of methoxy groups -OCH3 is 1. The fraction of sp³-hybridized carbons (Fsp3) is 0.750. The molecule has 2 nitrogen and oxygen atoms in total. The Labute approximate surface area is 72.0 Å². The first kappa shape index (κ1) is 10.6. The van der Waals surface area contributed by atoms with Gasteiger partial charge < -0.3 is 9.47 Å². The van der Waals surface area contributed by atoms with Crippen LogP contribution in [-0.4, -0.2) is 23.0 Å². The van der Waals surface area contributed by atoms with Gasteiger partial charge >= 0.3 is 0 Å². The van der Waals surface area contributed by atoms with E-state index in [1.54, 1.807) is 7.11 Å². The zero-order chi connectivity index (χ0) is 9.07. The van der Waals surface area contributed by atoms with Crippen LogP contribution in [0.3, 0.4) is 0 Å². The molecule has 0 amide bonds. The fourth-order valence-electron chi connectivity index (χ4n) is 0.626. The summed E-state index contributed by atoms with van der Waals surface area (Å²) in [6.45, 7) is 8.06. The Morgan fingerprint density at radius 1 is 1.27 bits per heavy atom. The minimum Gasteiger partial charge on any atom is -0.469 e. The topological polar surface area (TPSA) is 18.5 Å². The van der Waals surface area contributed by atoms with Gasteiger partial charge in [0.25, 0.3) is 5.95 Å². The van der Waals surface area contributed by atoms with Gasteiger partial charge in [-0.15, -0.1) is 0 Å². The van der Waals surface area contributed by atoms with E-state index in [9.17, 15) is 0 Å². The first-order valence-corrected chi connectivity index (χ1v) is 4.77. The Hall–Kier alpha value is -0.443. The molecule has 0 aromatic rings. The number of ether oxygens (including phenoxy) is 2. The largest absolute Gasteiger partial charge is 0.469 e. The second-order valence-electron chi connectivity index (χ2n) is 3.71. The van der Waals surface area contributed by atoms with Gasteiger partial charge in [-0.05, 0) is 32.9 Å². The van der Waals surface area contributed by atoms with Crippen LogP contribution in [0.15, 0.2) is 11.1 Å². The predicted molar refractivity (Wildman–Crippen MR) is 50.5 cm³/mol. The molecule has 0 rings (SSSR count). The van der Waals surface area contributed by atoms with Gasteiger partial charge in [-0.3, -0.25) is 0 Å². The van der Waals surface area contributed by atoms with Crippen molar-refractivity contribution in [3.05, 3.63) is 11.1 Å². The van der Waals surface area contributed by atoms with Crippen LogP contribution in [0.1, 0.15) is 27.7 Å². The summed E-state index contributed by atoms with van der Waals surface area (Å²) in [5, 5.41) is 1.20. The van der Waals surface area contributed by atoms with Crippen LogP contribution in [0.5, 0.6) is 0 Å². The van der Waals surface area contributed by atoms with Crippen molar-refractivity contribution in [1.29, 1.82) is 0 Å². The molecule has 0 fully saturated rings. The summed E-state index contributed by atoms with van der Waals surface area (Å²) in [7, 11) is 2.63. The molecule has 0 bridgehead atoms. The molecule has 0 unspecified atom stereocenters. The van der Waals surface area contributed by atoms with E-state index in [-0.39, 0.29) is 5.60 Å². The Bertz CT molecular complexity index is 152. The summed E-state index contributed by atoms with van der Waals surface area (Å²) >= 11 is 0. The smallest absolute Gasteiger partial charge is 0.273 e. The first-order valence-electron chi connectivity index (χ1n) is 3.77. The molecule has 0 atom stereocenters. The maximum atomic E-state index is 5.54. The summed E-state index contributed by atoms with van der Waals surface area (Å²) in [5.41, 5.74) is -0.156. The Morgan fingerprint density at radius 3 is 1.82 bits per heavy atom. The number of hydrogen-bond acceptors (Lipinski definition) is 2. The molecule has 66 valence electrons. The van der Waals surface area contributed by atoms with E-state index in [1.807, 2.05) is 27.7 Å². The van der Waals surface area contributed by atoms with Crippen LogP contribution in [-0.2, 0) is 9.47 Å². The molecule has 0 spiro atoms. The average molecular weight is 174 g/mol. The first-order chi connectivity index (χ1) is 4.87. The van der Waals surface area contributed by atoms with E-state index >= 15 is 0 Å². The van der Waals surface area contributed by atoms with Crippen molar-refractivity contribution in [2.24, 2.45) is 0 Å². The summed E-state index contributed by atoms with van der Waals surface area (Å²) < 4.78 is 10.6. The standard InChI is InChI=1S/C8H18O2Si/c1-6(11)7(9-5)10-8(2,3)4/h1-5,11H3. The lowest BCUT2D eigenvalue weighted by Crippen LogP contribution is -2.20. The van der Waals surface area contributed by atoms with Gasteiger partial charge in [0.1, 0.15) is 5.60 Å². The molecular weight excluding hydrogens is 156 g/mol. The minimum absolute atomic E-state index is 0.156. The fourth-order valence-corrected chi connectivity index (χ4v) is 0.932. The molecule has 11 heavy (non-hydrogen) atoms. The van der Waals surface area contributed by atoms with E-state index in [1.165, 1.54) is 5.20 Å². The zero-order valence-electron chi connectivity index (χ0n) is 8.32. The molecule has 0 heterocycles. The lowest BCUT2D eigenvalue weighted by atomic mass is 10.2. The van der Waals surface area contributed by atoms with E-state index in [2.05, 4.69) is 0 Å². The van der Waals surface area contributed by atoms with Crippen molar-refractivity contribution < 1.29 is 9.47 Å². The molecule has 0 aliphatic carbocycles. The minimum atomic E-state index is -0.156. The lowest BCUT2D eigenvalue weighted by molar-refractivity contribution is -0.0315. The lowest BCUT2D eigenvalue weighted by Gasteiger charge is -2.23. The van der Waals surface area contributed by atoms with Crippen molar-refractivity contribution in [2.45, 2.75) is 33.3 Å². The highest BCUT2D eigenvalue weighted by Gasteiger charge is 2.14. The Balaban J connectivity index is 4.23. The van der Waals surface area contributed by atoms with Gasteiger partial charge in [0.2, 0.25) is 0 Å². The average Bonchev–Trinajstić information content (AvgIpc) is 1.80. The Kier molecular flexibility index (Phi) is 3.65. The summed E-state index contributed by atoms with van der Waals surface area (Å²) in [5.74, 6) is 0.684. The van der Waals surface area contributed by atoms with Crippen LogP contribution in [0, 0.1) is 0 Å². The molecular formula is C8H18O2Si. The normalized spacial score (nSPS) is 14.3. The predicted octanol–water partition coefficient (Wildman–Crippen LogP) is 1.00. The molecule has 0 aromatic carbocycles. The third-order valence-corrected chi connectivity index (χ3v) is 1.40. The second kappa shape index (κ2) is 3.81. The van der Waals surface area contributed by atoms with Crippen molar-refractivity contribution in [2.75, 3.05) is 7.11 Å². The van der Waals surface area contributed by atoms with Crippen LogP contribution in [0.25, 0.3) is 0 Å². The number of allylic oxidation sites excluding steroid dienone is 1. The van der Waals surface area contributed by atoms with Crippen LogP contribution in [0.2, 0.25) is 0 Å². The van der Waals surface area contributed by atoms with Crippen molar-refractivity contribution >= 4 is 10.2 Å². The van der Waals surface area contributed by atoms with Gasteiger partial charge in [0.15, 0.2) is 0 Å². The number of rotatable bonds is 2. The molecule has 0 saturated carbocycles. The maximum Gasteiger partial charge on any atom is 0.273 e. The van der Waals surface area contributed by atoms with Crippen molar-refractivity contribution in [3.8, 4) is 0 Å². The van der Waals surface area contributed by atoms with Crippen LogP contribution >= 0.6 is 0 Å². The monoisotopic (exact) mass is 174 g/mol. The molecule has 0 aliphatic heterocycles. The summed E-state index contributed by atoms with van der Waals surface area (Å²) in [4.78, 5) is 0. The molecule has 0 aromatic heterocycles. The van der Waals surface area contributed by atoms with E-state index in [4.69, 9.17) is 9.47 Å². The van der Waals surface area contributed by atoms with Gasteiger partial charge in [0.05, 0.1) is 7.11 Å². The quantitative estimate of drug-likeness (QED) is 0.459. The Morgan fingerprint density at radius 2 is 1.73 bits per heavy atom. The molecule has 0 radical (unpaired) electrons. The molecule has 0 saturated heterocycles. The maximum absolute atomic E-state index is 5.54. The highest BCUT2D eigenvalue weighted by atomic mass is 28.1.